The molecule has 32 heavy (non-hydrogen) atoms. The summed E-state index contributed by atoms with van der Waals surface area (Å²) in [7, 11) is 0. The molecule has 2 aromatic carbocycles. The van der Waals surface area contributed by atoms with E-state index in [1.54, 1.807) is 4.68 Å². The van der Waals surface area contributed by atoms with Crippen LogP contribution in [-0.2, 0) is 16.1 Å². The average Bonchev–Trinajstić information content (AvgIpc) is 3.27. The van der Waals surface area contributed by atoms with Gasteiger partial charge >= 0.3 is 0 Å². The van der Waals surface area contributed by atoms with Crippen LogP contribution in [-0.4, -0.2) is 51.5 Å². The fourth-order valence-electron chi connectivity index (χ4n) is 3.75. The number of amides is 1. The fourth-order valence-corrected chi connectivity index (χ4v) is 3.75. The minimum absolute atomic E-state index is 0.135. The molecule has 0 bridgehead atoms. The molecule has 0 saturated carbocycles. The van der Waals surface area contributed by atoms with E-state index >= 15 is 0 Å². The lowest BCUT2D eigenvalue weighted by molar-refractivity contribution is -0.116. The van der Waals surface area contributed by atoms with Crippen LogP contribution in [0.4, 0.5) is 11.4 Å². The van der Waals surface area contributed by atoms with Crippen LogP contribution in [0.1, 0.15) is 0 Å². The maximum Gasteiger partial charge on any atom is 0.264 e. The number of hydrogen-bond donors (Lipinski definition) is 1. The Morgan fingerprint density at radius 3 is 2.50 bits per heavy atom. The van der Waals surface area contributed by atoms with E-state index in [4.69, 9.17) is 4.74 Å². The Labute approximate surface area is 183 Å². The van der Waals surface area contributed by atoms with Gasteiger partial charge in [0, 0.05) is 24.5 Å². The molecule has 9 heteroatoms. The van der Waals surface area contributed by atoms with Gasteiger partial charge in [0.15, 0.2) is 5.65 Å². The largest absolute Gasteiger partial charge is 0.378 e. The van der Waals surface area contributed by atoms with E-state index in [2.05, 4.69) is 20.3 Å². The number of carbonyl (C=O) groups is 1. The topological polar surface area (TPSA) is 94.3 Å². The molecule has 0 spiro atoms. The summed E-state index contributed by atoms with van der Waals surface area (Å²) in [6, 6.07) is 17.1. The van der Waals surface area contributed by atoms with E-state index in [0.717, 1.165) is 37.7 Å². The third kappa shape index (κ3) is 3.97. The predicted octanol–water partition coefficient (Wildman–Crippen LogP) is 2.06. The highest BCUT2D eigenvalue weighted by molar-refractivity contribution is 5.91. The van der Waals surface area contributed by atoms with Crippen LogP contribution in [0.2, 0.25) is 0 Å². The number of rotatable bonds is 5. The van der Waals surface area contributed by atoms with E-state index in [0.29, 0.717) is 16.7 Å². The summed E-state index contributed by atoms with van der Waals surface area (Å²) in [4.78, 5) is 32.0. The zero-order valence-electron chi connectivity index (χ0n) is 17.3. The molecule has 5 rings (SSSR count). The van der Waals surface area contributed by atoms with Gasteiger partial charge in [-0.25, -0.2) is 9.67 Å². The summed E-state index contributed by atoms with van der Waals surface area (Å²) in [6.45, 7) is 3.01. The number of ether oxygens (including phenoxy) is 1. The Balaban J connectivity index is 1.29. The van der Waals surface area contributed by atoms with E-state index in [1.807, 2.05) is 54.6 Å². The van der Waals surface area contributed by atoms with Gasteiger partial charge in [-0.1, -0.05) is 18.2 Å². The van der Waals surface area contributed by atoms with Crippen molar-refractivity contribution >= 4 is 28.3 Å². The third-order valence-corrected chi connectivity index (χ3v) is 5.40. The van der Waals surface area contributed by atoms with Crippen molar-refractivity contribution in [2.75, 3.05) is 36.5 Å². The molecule has 1 aliphatic rings. The Kier molecular flexibility index (Phi) is 5.39. The lowest BCUT2D eigenvalue weighted by atomic mass is 10.2. The molecular weight excluding hydrogens is 408 g/mol. The van der Waals surface area contributed by atoms with Crippen molar-refractivity contribution in [3.8, 4) is 5.69 Å². The molecular formula is C23H22N6O3. The van der Waals surface area contributed by atoms with Crippen molar-refractivity contribution in [2.45, 2.75) is 6.54 Å². The minimum atomic E-state index is -0.310. The number of anilines is 2. The molecule has 1 amide bonds. The first kappa shape index (κ1) is 20.0. The van der Waals surface area contributed by atoms with Gasteiger partial charge in [-0.05, 0) is 36.4 Å². The van der Waals surface area contributed by atoms with Crippen LogP contribution < -0.4 is 15.8 Å². The molecule has 162 valence electrons. The first-order chi connectivity index (χ1) is 15.7. The summed E-state index contributed by atoms with van der Waals surface area (Å²) in [5, 5.41) is 7.49. The Bertz CT molecular complexity index is 1290. The van der Waals surface area contributed by atoms with E-state index < -0.39 is 0 Å². The van der Waals surface area contributed by atoms with Crippen molar-refractivity contribution in [3.63, 3.8) is 0 Å². The lowest BCUT2D eigenvalue weighted by Gasteiger charge is -2.28. The van der Waals surface area contributed by atoms with Gasteiger partial charge in [-0.15, -0.1) is 0 Å². The number of benzene rings is 2. The van der Waals surface area contributed by atoms with Crippen LogP contribution in [0.15, 0.2) is 71.9 Å². The number of para-hydroxylation sites is 1. The van der Waals surface area contributed by atoms with Crippen LogP contribution in [0.25, 0.3) is 16.7 Å². The molecule has 1 N–H and O–H groups in total. The van der Waals surface area contributed by atoms with Crippen LogP contribution in [0.5, 0.6) is 0 Å². The molecule has 1 fully saturated rings. The summed E-state index contributed by atoms with van der Waals surface area (Å²) < 4.78 is 8.27. The molecule has 1 aliphatic heterocycles. The third-order valence-electron chi connectivity index (χ3n) is 5.40. The number of hydrogen-bond acceptors (Lipinski definition) is 6. The number of nitrogens with one attached hydrogen (secondary N) is 1. The highest BCUT2D eigenvalue weighted by atomic mass is 16.5. The number of nitrogens with zero attached hydrogens (tertiary/aromatic N) is 5. The molecule has 9 nitrogen and oxygen atoms in total. The van der Waals surface area contributed by atoms with Gasteiger partial charge in [0.2, 0.25) is 5.91 Å². The van der Waals surface area contributed by atoms with Crippen molar-refractivity contribution in [1.82, 2.24) is 19.3 Å². The minimum Gasteiger partial charge on any atom is -0.378 e. The summed E-state index contributed by atoms with van der Waals surface area (Å²) >= 11 is 0. The number of morpholine rings is 1. The molecule has 4 aromatic rings. The molecule has 2 aromatic heterocycles. The quantitative estimate of drug-likeness (QED) is 0.521. The van der Waals surface area contributed by atoms with E-state index in [1.165, 1.54) is 17.1 Å². The molecule has 0 atom stereocenters. The van der Waals surface area contributed by atoms with Crippen molar-refractivity contribution < 1.29 is 9.53 Å². The van der Waals surface area contributed by atoms with Crippen LogP contribution >= 0.6 is 0 Å². The highest BCUT2D eigenvalue weighted by Crippen LogP contribution is 2.19. The Morgan fingerprint density at radius 2 is 1.75 bits per heavy atom. The first-order valence-electron chi connectivity index (χ1n) is 10.4. The van der Waals surface area contributed by atoms with Gasteiger partial charge in [-0.2, -0.15) is 5.10 Å². The van der Waals surface area contributed by atoms with Crippen molar-refractivity contribution in [3.05, 3.63) is 77.5 Å². The Morgan fingerprint density at radius 1 is 1.00 bits per heavy atom. The van der Waals surface area contributed by atoms with Crippen LogP contribution in [0, 0.1) is 0 Å². The van der Waals surface area contributed by atoms with Gasteiger partial charge < -0.3 is 15.0 Å². The van der Waals surface area contributed by atoms with E-state index in [9.17, 15) is 9.59 Å². The second-order valence-electron chi connectivity index (χ2n) is 7.50. The standard InChI is InChI=1S/C23H22N6O3/c30-21(26-17-6-8-18(9-7-17)27-10-12-32-13-11-27)15-28-16-24-22-20(23(28)31)14-25-29(22)19-4-2-1-3-5-19/h1-9,14,16H,10-13,15H2,(H,26,30). The van der Waals surface area contributed by atoms with Crippen molar-refractivity contribution in [1.29, 1.82) is 0 Å². The number of aromatic nitrogens is 4. The molecule has 0 radical (unpaired) electrons. The molecule has 0 unspecified atom stereocenters. The lowest BCUT2D eigenvalue weighted by Crippen LogP contribution is -2.36. The monoisotopic (exact) mass is 430 g/mol. The van der Waals surface area contributed by atoms with Gasteiger partial charge in [-0.3, -0.25) is 14.2 Å². The zero-order chi connectivity index (χ0) is 21.9. The average molecular weight is 430 g/mol. The smallest absolute Gasteiger partial charge is 0.264 e. The summed E-state index contributed by atoms with van der Waals surface area (Å²) in [6.07, 6.45) is 2.86. The molecule has 0 aliphatic carbocycles. The van der Waals surface area contributed by atoms with Gasteiger partial charge in [0.05, 0.1) is 25.1 Å². The maximum absolute atomic E-state index is 12.9. The fraction of sp³-hybridized carbons (Fsp3) is 0.217. The second kappa shape index (κ2) is 8.64. The summed E-state index contributed by atoms with van der Waals surface area (Å²) in [5.74, 6) is -0.303. The molecule has 1 saturated heterocycles. The predicted molar refractivity (Wildman–Crippen MR) is 121 cm³/mol. The second-order valence-corrected chi connectivity index (χ2v) is 7.50. The Hall–Kier alpha value is -3.98. The maximum atomic E-state index is 12.9. The highest BCUT2D eigenvalue weighted by Gasteiger charge is 2.14. The first-order valence-corrected chi connectivity index (χ1v) is 10.4. The normalized spacial score (nSPS) is 13.9. The number of carbonyl (C=O) groups excluding carboxylic acids is 1. The van der Waals surface area contributed by atoms with Gasteiger partial charge in [0.1, 0.15) is 18.3 Å². The van der Waals surface area contributed by atoms with Crippen LogP contribution in [0.3, 0.4) is 0 Å². The van der Waals surface area contributed by atoms with E-state index in [-0.39, 0.29) is 18.0 Å². The number of fused-ring (bicyclic) bond motifs is 1. The SMILES string of the molecule is O=C(Cn1cnc2c(cnn2-c2ccccc2)c1=O)Nc1ccc(N2CCOCC2)cc1. The molecule has 3 heterocycles. The van der Waals surface area contributed by atoms with Gasteiger partial charge in [0.25, 0.3) is 5.56 Å². The van der Waals surface area contributed by atoms with Crippen molar-refractivity contribution in [2.24, 2.45) is 0 Å². The zero-order valence-corrected chi connectivity index (χ0v) is 17.3. The summed E-state index contributed by atoms with van der Waals surface area (Å²) in [5.41, 5.74) is 2.72.